The fraction of sp³-hybridized carbons (Fsp3) is 0.588. The quantitative estimate of drug-likeness (QED) is 0.869. The van der Waals surface area contributed by atoms with Crippen molar-refractivity contribution in [3.8, 4) is 0 Å². The molecule has 1 aliphatic rings. The first kappa shape index (κ1) is 15.8. The van der Waals surface area contributed by atoms with Crippen molar-refractivity contribution in [3.05, 3.63) is 35.7 Å². The predicted molar refractivity (Wildman–Crippen MR) is 86.4 cm³/mol. The van der Waals surface area contributed by atoms with Gasteiger partial charge in [-0.3, -0.25) is 4.79 Å². The number of imidazole rings is 1. The second-order valence-corrected chi connectivity index (χ2v) is 6.43. The van der Waals surface area contributed by atoms with Crippen molar-refractivity contribution in [2.24, 2.45) is 0 Å². The van der Waals surface area contributed by atoms with E-state index in [0.717, 1.165) is 37.5 Å². The average Bonchev–Trinajstić information content (AvgIpc) is 3.23. The molecule has 1 amide bonds. The fourth-order valence-corrected chi connectivity index (χ4v) is 3.14. The van der Waals surface area contributed by atoms with Gasteiger partial charge in [-0.2, -0.15) is 0 Å². The number of amides is 1. The highest BCUT2D eigenvalue weighted by Gasteiger charge is 2.29. The lowest BCUT2D eigenvalue weighted by molar-refractivity contribution is 0.0692. The summed E-state index contributed by atoms with van der Waals surface area (Å²) in [6.45, 7) is 8.53. The maximum atomic E-state index is 12.7. The average molecular weight is 316 g/mol. The number of aryl methyl sites for hydroxylation is 1. The molecule has 0 aromatic carbocycles. The van der Waals surface area contributed by atoms with Crippen LogP contribution in [0.2, 0.25) is 0 Å². The van der Waals surface area contributed by atoms with Gasteiger partial charge >= 0.3 is 0 Å². The number of hydrogen-bond donors (Lipinski definition) is 0. The maximum absolute atomic E-state index is 12.7. The first-order chi connectivity index (χ1) is 11.1. The van der Waals surface area contributed by atoms with Gasteiger partial charge in [0.25, 0.3) is 5.91 Å². The molecule has 0 N–H and O–H groups in total. The van der Waals surface area contributed by atoms with Crippen LogP contribution in [0, 0.1) is 0 Å². The van der Waals surface area contributed by atoms with Crippen LogP contribution in [-0.2, 0) is 6.54 Å². The monoisotopic (exact) mass is 316 g/mol. The third-order valence-corrected chi connectivity index (χ3v) is 4.48. The molecule has 124 valence electrons. The molecule has 0 spiro atoms. The molecule has 0 radical (unpaired) electrons. The zero-order chi connectivity index (χ0) is 16.4. The molecule has 3 heterocycles. The molecule has 1 atom stereocenters. The van der Waals surface area contributed by atoms with E-state index in [0.29, 0.717) is 18.2 Å². The van der Waals surface area contributed by atoms with E-state index in [-0.39, 0.29) is 11.8 Å². The molecule has 1 fully saturated rings. The van der Waals surface area contributed by atoms with Gasteiger partial charge in [0.1, 0.15) is 11.6 Å². The largest absolute Gasteiger partial charge is 0.360 e. The van der Waals surface area contributed by atoms with Crippen LogP contribution in [0.25, 0.3) is 0 Å². The minimum absolute atomic E-state index is 0.0417. The first-order valence-corrected chi connectivity index (χ1v) is 8.37. The van der Waals surface area contributed by atoms with Crippen molar-refractivity contribution >= 4 is 5.91 Å². The molecule has 2 aromatic rings. The van der Waals surface area contributed by atoms with Crippen LogP contribution < -0.4 is 0 Å². The fourth-order valence-electron chi connectivity index (χ4n) is 3.14. The number of likely N-dealkylation sites (tertiary alicyclic amines) is 1. The lowest BCUT2D eigenvalue weighted by Crippen LogP contribution is -2.39. The molecule has 3 rings (SSSR count). The van der Waals surface area contributed by atoms with Crippen molar-refractivity contribution in [2.45, 2.75) is 52.0 Å². The van der Waals surface area contributed by atoms with Crippen molar-refractivity contribution < 1.29 is 9.32 Å². The Hall–Kier alpha value is -2.11. The molecule has 0 saturated carbocycles. The van der Waals surface area contributed by atoms with Gasteiger partial charge in [-0.05, 0) is 19.8 Å². The second-order valence-electron chi connectivity index (χ2n) is 6.43. The summed E-state index contributed by atoms with van der Waals surface area (Å²) in [6, 6.07) is 1.77. The zero-order valence-electron chi connectivity index (χ0n) is 14.0. The summed E-state index contributed by atoms with van der Waals surface area (Å²) in [5.74, 6) is 2.31. The van der Waals surface area contributed by atoms with E-state index < -0.39 is 0 Å². The van der Waals surface area contributed by atoms with Crippen LogP contribution >= 0.6 is 0 Å². The molecule has 2 aromatic heterocycles. The number of nitrogens with zero attached hydrogens (tertiary/aromatic N) is 4. The Balaban J connectivity index is 1.74. The van der Waals surface area contributed by atoms with E-state index in [1.54, 1.807) is 6.07 Å². The lowest BCUT2D eigenvalue weighted by Gasteiger charge is -2.32. The van der Waals surface area contributed by atoms with Crippen LogP contribution in [0.3, 0.4) is 0 Å². The number of piperidine rings is 1. The van der Waals surface area contributed by atoms with Crippen LogP contribution in [0.1, 0.15) is 67.5 Å². The highest BCUT2D eigenvalue weighted by molar-refractivity contribution is 5.92. The number of carbonyl (C=O) groups excluding carboxylic acids is 1. The van der Waals surface area contributed by atoms with Gasteiger partial charge in [-0.25, -0.2) is 4.98 Å². The Bertz CT molecular complexity index is 674. The molecule has 6 heteroatoms. The molecule has 0 bridgehead atoms. The number of carbonyl (C=O) groups is 1. The van der Waals surface area contributed by atoms with Crippen molar-refractivity contribution in [3.63, 3.8) is 0 Å². The van der Waals surface area contributed by atoms with Crippen LogP contribution in [0.5, 0.6) is 0 Å². The second kappa shape index (κ2) is 6.56. The maximum Gasteiger partial charge on any atom is 0.276 e. The van der Waals surface area contributed by atoms with E-state index in [1.807, 2.05) is 31.1 Å². The van der Waals surface area contributed by atoms with Crippen molar-refractivity contribution in [2.75, 3.05) is 13.1 Å². The van der Waals surface area contributed by atoms with Gasteiger partial charge in [0.15, 0.2) is 5.69 Å². The number of rotatable bonds is 4. The Morgan fingerprint density at radius 2 is 2.30 bits per heavy atom. The molecule has 23 heavy (non-hydrogen) atoms. The van der Waals surface area contributed by atoms with E-state index in [4.69, 9.17) is 4.52 Å². The van der Waals surface area contributed by atoms with Gasteiger partial charge < -0.3 is 14.0 Å². The summed E-state index contributed by atoms with van der Waals surface area (Å²) >= 11 is 0. The molecule has 1 aliphatic heterocycles. The van der Waals surface area contributed by atoms with E-state index >= 15 is 0 Å². The molecule has 6 nitrogen and oxygen atoms in total. The topological polar surface area (TPSA) is 64.2 Å². The summed E-state index contributed by atoms with van der Waals surface area (Å²) in [5.41, 5.74) is 0.410. The minimum Gasteiger partial charge on any atom is -0.360 e. The van der Waals surface area contributed by atoms with Crippen LogP contribution in [0.15, 0.2) is 23.0 Å². The van der Waals surface area contributed by atoms with Gasteiger partial charge in [0.05, 0.1) is 0 Å². The zero-order valence-corrected chi connectivity index (χ0v) is 14.0. The Kier molecular flexibility index (Phi) is 4.50. The highest BCUT2D eigenvalue weighted by atomic mass is 16.5. The summed E-state index contributed by atoms with van der Waals surface area (Å²) < 4.78 is 7.42. The molecular formula is C17H24N4O2. The Labute approximate surface area is 136 Å². The summed E-state index contributed by atoms with van der Waals surface area (Å²) in [6.07, 6.45) is 5.90. The Morgan fingerprint density at radius 1 is 1.48 bits per heavy atom. The SMILES string of the molecule is CCn1ccnc1[C@H]1CCCN(C(=O)c2cc(C(C)C)on2)C1. The van der Waals surface area contributed by atoms with Gasteiger partial charge in [-0.15, -0.1) is 0 Å². The molecule has 0 unspecified atom stereocenters. The standard InChI is InChI=1S/C17H24N4O2/c1-4-20-9-7-18-16(20)13-6-5-8-21(11-13)17(22)14-10-15(12(2)3)23-19-14/h7,9-10,12-13H,4-6,8,11H2,1-3H3/t13-/m0/s1. The normalized spacial score (nSPS) is 18.6. The number of hydrogen-bond acceptors (Lipinski definition) is 4. The van der Waals surface area contributed by atoms with Crippen LogP contribution in [0.4, 0.5) is 0 Å². The predicted octanol–water partition coefficient (Wildman–Crippen LogP) is 3.03. The first-order valence-electron chi connectivity index (χ1n) is 8.37. The number of aromatic nitrogens is 3. The van der Waals surface area contributed by atoms with Crippen molar-refractivity contribution in [1.29, 1.82) is 0 Å². The third kappa shape index (κ3) is 3.16. The van der Waals surface area contributed by atoms with Crippen molar-refractivity contribution in [1.82, 2.24) is 19.6 Å². The van der Waals surface area contributed by atoms with Gasteiger partial charge in [0, 0.05) is 49.9 Å². The summed E-state index contributed by atoms with van der Waals surface area (Å²) in [4.78, 5) is 19.1. The highest BCUT2D eigenvalue weighted by Crippen LogP contribution is 2.27. The Morgan fingerprint density at radius 3 is 3.00 bits per heavy atom. The third-order valence-electron chi connectivity index (χ3n) is 4.48. The van der Waals surface area contributed by atoms with Crippen LogP contribution in [-0.4, -0.2) is 38.6 Å². The minimum atomic E-state index is -0.0417. The van der Waals surface area contributed by atoms with Gasteiger partial charge in [0.2, 0.25) is 0 Å². The molecular weight excluding hydrogens is 292 g/mol. The van der Waals surface area contributed by atoms with Gasteiger partial charge in [-0.1, -0.05) is 19.0 Å². The van der Waals surface area contributed by atoms with E-state index in [9.17, 15) is 4.79 Å². The van der Waals surface area contributed by atoms with E-state index in [2.05, 4.69) is 21.6 Å². The molecule has 0 aliphatic carbocycles. The molecule has 1 saturated heterocycles. The lowest BCUT2D eigenvalue weighted by atomic mass is 9.96. The smallest absolute Gasteiger partial charge is 0.276 e. The summed E-state index contributed by atoms with van der Waals surface area (Å²) in [5, 5.41) is 3.95. The van der Waals surface area contributed by atoms with E-state index in [1.165, 1.54) is 0 Å². The summed E-state index contributed by atoms with van der Waals surface area (Å²) in [7, 11) is 0.